The molecule has 4 heteroatoms. The molecule has 0 saturated carbocycles. The van der Waals surface area contributed by atoms with E-state index in [1.807, 2.05) is 48.5 Å². The van der Waals surface area contributed by atoms with Crippen LogP contribution in [-0.2, 0) is 0 Å². The van der Waals surface area contributed by atoms with E-state index in [9.17, 15) is 5.11 Å². The van der Waals surface area contributed by atoms with Crippen molar-refractivity contribution in [3.63, 3.8) is 0 Å². The number of aliphatic hydroxyl groups excluding tert-OH is 1. The Kier molecular flexibility index (Phi) is 4.66. The maximum atomic E-state index is 9.50. The van der Waals surface area contributed by atoms with E-state index in [1.54, 1.807) is 7.11 Å². The molecule has 2 aromatic rings. The number of benzene rings is 2. The number of hydrogen-bond acceptors (Lipinski definition) is 3. The van der Waals surface area contributed by atoms with Gasteiger partial charge in [0.05, 0.1) is 19.8 Å². The van der Waals surface area contributed by atoms with Crippen molar-refractivity contribution in [2.45, 2.75) is 6.04 Å². The van der Waals surface area contributed by atoms with Gasteiger partial charge in [-0.2, -0.15) is 0 Å². The number of anilines is 1. The van der Waals surface area contributed by atoms with Crippen LogP contribution in [0.3, 0.4) is 0 Å². The van der Waals surface area contributed by atoms with E-state index >= 15 is 0 Å². The Morgan fingerprint density at radius 2 is 1.74 bits per heavy atom. The van der Waals surface area contributed by atoms with E-state index in [0.29, 0.717) is 5.02 Å². The van der Waals surface area contributed by atoms with Gasteiger partial charge in [-0.15, -0.1) is 0 Å². The second kappa shape index (κ2) is 6.45. The number of methoxy groups -OCH3 is 1. The summed E-state index contributed by atoms with van der Waals surface area (Å²) in [5.41, 5.74) is 1.91. The number of aliphatic hydroxyl groups is 1. The van der Waals surface area contributed by atoms with Crippen molar-refractivity contribution in [3.8, 4) is 5.75 Å². The lowest BCUT2D eigenvalue weighted by Crippen LogP contribution is -2.14. The molecule has 0 amide bonds. The van der Waals surface area contributed by atoms with Crippen LogP contribution in [0.5, 0.6) is 5.75 Å². The zero-order chi connectivity index (χ0) is 13.7. The molecule has 0 heterocycles. The van der Waals surface area contributed by atoms with Gasteiger partial charge in [-0.05, 0) is 42.0 Å². The lowest BCUT2D eigenvalue weighted by atomic mass is 10.1. The van der Waals surface area contributed by atoms with E-state index < -0.39 is 0 Å². The van der Waals surface area contributed by atoms with Gasteiger partial charge in [-0.3, -0.25) is 0 Å². The Balaban J connectivity index is 2.12. The molecule has 19 heavy (non-hydrogen) atoms. The first-order valence-corrected chi connectivity index (χ1v) is 6.37. The maximum Gasteiger partial charge on any atom is 0.118 e. The third-order valence-corrected chi connectivity index (χ3v) is 3.14. The summed E-state index contributed by atoms with van der Waals surface area (Å²) in [6.45, 7) is 0.00888. The van der Waals surface area contributed by atoms with Crippen molar-refractivity contribution < 1.29 is 9.84 Å². The molecule has 0 fully saturated rings. The average Bonchev–Trinajstić information content (AvgIpc) is 2.47. The summed E-state index contributed by atoms with van der Waals surface area (Å²) in [5, 5.41) is 13.5. The molecule has 2 N–H and O–H groups in total. The number of rotatable bonds is 5. The van der Waals surface area contributed by atoms with E-state index in [2.05, 4.69) is 5.32 Å². The van der Waals surface area contributed by atoms with Crippen LogP contribution in [0.4, 0.5) is 5.69 Å². The zero-order valence-corrected chi connectivity index (χ0v) is 11.4. The molecule has 0 aliphatic heterocycles. The molecule has 2 aromatic carbocycles. The minimum atomic E-state index is -0.160. The van der Waals surface area contributed by atoms with Crippen LogP contribution in [-0.4, -0.2) is 18.8 Å². The molecule has 0 saturated heterocycles. The topological polar surface area (TPSA) is 41.5 Å². The summed E-state index contributed by atoms with van der Waals surface area (Å²) >= 11 is 5.84. The smallest absolute Gasteiger partial charge is 0.118 e. The fraction of sp³-hybridized carbons (Fsp3) is 0.200. The summed E-state index contributed by atoms with van der Waals surface area (Å²) in [7, 11) is 1.63. The van der Waals surface area contributed by atoms with Gasteiger partial charge >= 0.3 is 0 Å². The highest BCUT2D eigenvalue weighted by atomic mass is 35.5. The fourth-order valence-corrected chi connectivity index (χ4v) is 1.94. The first-order chi connectivity index (χ1) is 9.22. The van der Waals surface area contributed by atoms with Crippen LogP contribution in [0.2, 0.25) is 5.02 Å². The first-order valence-electron chi connectivity index (χ1n) is 6.00. The second-order valence-corrected chi connectivity index (χ2v) is 4.60. The van der Waals surface area contributed by atoms with E-state index in [-0.39, 0.29) is 12.6 Å². The third-order valence-electron chi connectivity index (χ3n) is 2.89. The van der Waals surface area contributed by atoms with E-state index in [0.717, 1.165) is 17.0 Å². The van der Waals surface area contributed by atoms with Crippen molar-refractivity contribution in [1.82, 2.24) is 0 Å². The van der Waals surface area contributed by atoms with Crippen LogP contribution >= 0.6 is 11.6 Å². The Morgan fingerprint density at radius 1 is 1.11 bits per heavy atom. The number of nitrogens with one attached hydrogen (secondary N) is 1. The molecule has 0 spiro atoms. The Bertz CT molecular complexity index is 511. The highest BCUT2D eigenvalue weighted by molar-refractivity contribution is 6.30. The van der Waals surface area contributed by atoms with E-state index in [4.69, 9.17) is 16.3 Å². The summed E-state index contributed by atoms with van der Waals surface area (Å²) in [4.78, 5) is 0. The fourth-order valence-electron chi connectivity index (χ4n) is 1.82. The summed E-state index contributed by atoms with van der Waals surface area (Å²) < 4.78 is 5.12. The van der Waals surface area contributed by atoms with Crippen LogP contribution < -0.4 is 10.1 Å². The number of ether oxygens (including phenoxy) is 1. The average molecular weight is 278 g/mol. The summed E-state index contributed by atoms with van der Waals surface area (Å²) in [6.07, 6.45) is 0. The first kappa shape index (κ1) is 13.7. The predicted molar refractivity (Wildman–Crippen MR) is 77.9 cm³/mol. The molecule has 1 atom stereocenters. The van der Waals surface area contributed by atoms with Crippen LogP contribution in [0.15, 0.2) is 48.5 Å². The molecule has 3 nitrogen and oxygen atoms in total. The molecule has 0 aromatic heterocycles. The number of hydrogen-bond donors (Lipinski definition) is 2. The zero-order valence-electron chi connectivity index (χ0n) is 10.6. The normalized spacial score (nSPS) is 11.9. The van der Waals surface area contributed by atoms with Gasteiger partial charge in [0.2, 0.25) is 0 Å². The van der Waals surface area contributed by atoms with Crippen molar-refractivity contribution in [3.05, 3.63) is 59.1 Å². The lowest BCUT2D eigenvalue weighted by molar-refractivity contribution is 0.276. The molecular weight excluding hydrogens is 262 g/mol. The quantitative estimate of drug-likeness (QED) is 0.879. The van der Waals surface area contributed by atoms with Crippen LogP contribution in [0.1, 0.15) is 11.6 Å². The highest BCUT2D eigenvalue weighted by Gasteiger charge is 2.10. The van der Waals surface area contributed by atoms with Gasteiger partial charge in [0.1, 0.15) is 5.75 Å². The molecule has 0 aliphatic rings. The van der Waals surface area contributed by atoms with Crippen molar-refractivity contribution in [2.24, 2.45) is 0 Å². The van der Waals surface area contributed by atoms with Gasteiger partial charge in [-0.25, -0.2) is 0 Å². The summed E-state index contributed by atoms with van der Waals surface area (Å²) in [6, 6.07) is 14.8. The van der Waals surface area contributed by atoms with Crippen molar-refractivity contribution in [2.75, 3.05) is 19.0 Å². The molecule has 0 radical (unpaired) electrons. The monoisotopic (exact) mass is 277 g/mol. The Morgan fingerprint density at radius 3 is 2.26 bits per heavy atom. The van der Waals surface area contributed by atoms with Crippen molar-refractivity contribution in [1.29, 1.82) is 0 Å². The van der Waals surface area contributed by atoms with Gasteiger partial charge < -0.3 is 15.2 Å². The standard InChI is InChI=1S/C15H16ClNO2/c1-19-14-8-2-11(3-9-14)15(10-18)17-13-6-4-12(16)5-7-13/h2-9,15,17-18H,10H2,1H3. The van der Waals surface area contributed by atoms with Crippen molar-refractivity contribution >= 4 is 17.3 Å². The minimum Gasteiger partial charge on any atom is -0.497 e. The second-order valence-electron chi connectivity index (χ2n) is 4.16. The molecule has 2 rings (SSSR count). The third kappa shape index (κ3) is 3.63. The molecule has 0 bridgehead atoms. The highest BCUT2D eigenvalue weighted by Crippen LogP contribution is 2.22. The molecule has 100 valence electrons. The molecule has 0 aliphatic carbocycles. The largest absolute Gasteiger partial charge is 0.497 e. The molecular formula is C15H16ClNO2. The maximum absolute atomic E-state index is 9.50. The Hall–Kier alpha value is -1.71. The van der Waals surface area contributed by atoms with Crippen LogP contribution in [0.25, 0.3) is 0 Å². The van der Waals surface area contributed by atoms with E-state index in [1.165, 1.54) is 0 Å². The molecule has 1 unspecified atom stereocenters. The summed E-state index contributed by atoms with van der Waals surface area (Å²) in [5.74, 6) is 0.798. The predicted octanol–water partition coefficient (Wildman–Crippen LogP) is 3.49. The Labute approximate surface area is 117 Å². The number of halogens is 1. The SMILES string of the molecule is COc1ccc(C(CO)Nc2ccc(Cl)cc2)cc1. The lowest BCUT2D eigenvalue weighted by Gasteiger charge is -2.18. The van der Waals surface area contributed by atoms with Crippen LogP contribution in [0, 0.1) is 0 Å². The van der Waals surface area contributed by atoms with Gasteiger partial charge in [0, 0.05) is 10.7 Å². The van der Waals surface area contributed by atoms with Gasteiger partial charge in [0.25, 0.3) is 0 Å². The minimum absolute atomic E-state index is 0.00888. The van der Waals surface area contributed by atoms with Gasteiger partial charge in [0.15, 0.2) is 0 Å². The van der Waals surface area contributed by atoms with Gasteiger partial charge in [-0.1, -0.05) is 23.7 Å².